The first-order valence-corrected chi connectivity index (χ1v) is 15.4. The van der Waals surface area contributed by atoms with Crippen molar-refractivity contribution in [2.75, 3.05) is 28.6 Å². The maximum atomic E-state index is 13.6. The predicted molar refractivity (Wildman–Crippen MR) is 170 cm³/mol. The maximum Gasteiger partial charge on any atom is 0.332 e. The highest BCUT2D eigenvalue weighted by Gasteiger charge is 2.34. The second-order valence-corrected chi connectivity index (χ2v) is 12.0. The van der Waals surface area contributed by atoms with Crippen LogP contribution in [-0.2, 0) is 6.54 Å². The topological polar surface area (TPSA) is 99.7 Å². The normalized spacial score (nSPS) is 14.9. The molecule has 2 aliphatic heterocycles. The molecule has 9 nitrogen and oxygen atoms in total. The van der Waals surface area contributed by atoms with Gasteiger partial charge in [0.1, 0.15) is 33.4 Å². The Labute approximate surface area is 261 Å². The lowest BCUT2D eigenvalue weighted by Gasteiger charge is -2.27. The number of thiophene rings is 1. The first kappa shape index (κ1) is 28.2. The van der Waals surface area contributed by atoms with Gasteiger partial charge in [-0.15, -0.1) is 11.3 Å². The summed E-state index contributed by atoms with van der Waals surface area (Å²) in [4.78, 5) is 40.4. The molecular weight excluding hydrogens is 603 g/mol. The molecule has 2 aliphatic rings. The lowest BCUT2D eigenvalue weighted by molar-refractivity contribution is 0.103. The zero-order valence-electron chi connectivity index (χ0n) is 23.3. The van der Waals surface area contributed by atoms with Crippen LogP contribution in [0.25, 0.3) is 10.2 Å². The van der Waals surface area contributed by atoms with Gasteiger partial charge in [0.25, 0.3) is 5.91 Å². The molecule has 44 heavy (non-hydrogen) atoms. The second kappa shape index (κ2) is 11.8. The van der Waals surface area contributed by atoms with E-state index in [1.165, 1.54) is 65.6 Å². The van der Waals surface area contributed by atoms with E-state index in [-0.39, 0.29) is 16.7 Å². The number of urea groups is 1. The SMILES string of the molecule is O=C(Nc1ccc(CN2CCCCC2)cc1)c1sc2ncnc3c2c1NC(=O)N3c1ccc(Oc2cccc(F)c2)c(Cl)c1. The van der Waals surface area contributed by atoms with Crippen molar-refractivity contribution in [3.63, 3.8) is 0 Å². The van der Waals surface area contributed by atoms with Crippen LogP contribution in [0.5, 0.6) is 11.5 Å². The van der Waals surface area contributed by atoms with Crippen molar-refractivity contribution in [2.45, 2.75) is 25.8 Å². The van der Waals surface area contributed by atoms with E-state index in [0.29, 0.717) is 43.7 Å². The zero-order valence-corrected chi connectivity index (χ0v) is 24.9. The molecule has 222 valence electrons. The van der Waals surface area contributed by atoms with Crippen LogP contribution in [0.4, 0.5) is 32.1 Å². The Morgan fingerprint density at radius 2 is 1.86 bits per heavy atom. The highest BCUT2D eigenvalue weighted by Crippen LogP contribution is 2.45. The molecule has 3 aromatic carbocycles. The number of nitrogens with one attached hydrogen (secondary N) is 2. The van der Waals surface area contributed by atoms with Gasteiger partial charge in [-0.05, 0) is 74.0 Å². The summed E-state index contributed by atoms with van der Waals surface area (Å²) in [5, 5.41) is 6.57. The summed E-state index contributed by atoms with van der Waals surface area (Å²) < 4.78 is 19.3. The number of hydrogen-bond donors (Lipinski definition) is 2. The summed E-state index contributed by atoms with van der Waals surface area (Å²) >= 11 is 7.68. The van der Waals surface area contributed by atoms with Crippen molar-refractivity contribution in [1.82, 2.24) is 14.9 Å². The molecule has 2 N–H and O–H groups in total. The Bertz CT molecular complexity index is 1890. The van der Waals surface area contributed by atoms with E-state index in [9.17, 15) is 14.0 Å². The van der Waals surface area contributed by atoms with Crippen molar-refractivity contribution >= 4 is 68.0 Å². The van der Waals surface area contributed by atoms with Gasteiger partial charge in [0.15, 0.2) is 5.82 Å². The molecule has 4 heterocycles. The van der Waals surface area contributed by atoms with E-state index in [1.54, 1.807) is 24.3 Å². The number of piperidine rings is 1. The van der Waals surface area contributed by atoms with E-state index in [0.717, 1.165) is 19.6 Å². The second-order valence-electron chi connectivity index (χ2n) is 10.6. The summed E-state index contributed by atoms with van der Waals surface area (Å²) in [6.45, 7) is 3.13. The smallest absolute Gasteiger partial charge is 0.332 e. The zero-order chi connectivity index (χ0) is 30.2. The monoisotopic (exact) mass is 628 g/mol. The molecule has 1 saturated heterocycles. The number of benzene rings is 3. The molecule has 0 aliphatic carbocycles. The molecule has 0 bridgehead atoms. The Morgan fingerprint density at radius 1 is 1.05 bits per heavy atom. The minimum Gasteiger partial charge on any atom is -0.456 e. The Kier molecular flexibility index (Phi) is 7.59. The number of rotatable bonds is 7. The minimum absolute atomic E-state index is 0.211. The number of hydrogen-bond acceptors (Lipinski definition) is 7. The lowest BCUT2D eigenvalue weighted by atomic mass is 10.1. The molecule has 1 fully saturated rings. The van der Waals surface area contributed by atoms with E-state index < -0.39 is 11.8 Å². The Balaban J connectivity index is 1.13. The van der Waals surface area contributed by atoms with Crippen LogP contribution in [-0.4, -0.2) is 39.9 Å². The number of halogens is 2. The van der Waals surface area contributed by atoms with Crippen LogP contribution in [0.3, 0.4) is 0 Å². The first-order chi connectivity index (χ1) is 21.4. The summed E-state index contributed by atoms with van der Waals surface area (Å²) in [5.74, 6) is 0.110. The largest absolute Gasteiger partial charge is 0.456 e. The molecule has 7 rings (SSSR count). The van der Waals surface area contributed by atoms with Gasteiger partial charge < -0.3 is 15.4 Å². The highest BCUT2D eigenvalue weighted by molar-refractivity contribution is 7.21. The average molecular weight is 629 g/mol. The Morgan fingerprint density at radius 3 is 2.64 bits per heavy atom. The van der Waals surface area contributed by atoms with E-state index in [1.807, 2.05) is 24.3 Å². The molecule has 0 spiro atoms. The molecule has 0 atom stereocenters. The van der Waals surface area contributed by atoms with Gasteiger partial charge in [0.2, 0.25) is 0 Å². The summed E-state index contributed by atoms with van der Waals surface area (Å²) in [6.07, 6.45) is 5.12. The molecule has 5 aromatic rings. The molecule has 0 unspecified atom stereocenters. The summed E-state index contributed by atoms with van der Waals surface area (Å²) in [5.41, 5.74) is 2.64. The maximum absolute atomic E-state index is 13.6. The number of nitrogens with zero attached hydrogens (tertiary/aromatic N) is 4. The van der Waals surface area contributed by atoms with Gasteiger partial charge in [0, 0.05) is 18.3 Å². The standard InChI is InChI=1S/C32H26ClFN6O3S/c33-24-16-22(11-12-25(24)43-23-6-4-5-20(34)15-23)40-29-26-27(38-32(40)42)28(44-31(26)36-18-35-29)30(41)37-21-9-7-19(8-10-21)17-39-13-2-1-3-14-39/h4-12,15-16,18H,1-3,13-14,17H2,(H,37,41)(H,38,42). The molecular formula is C32H26ClFN6O3S. The number of carbonyl (C=O) groups excluding carboxylic acids is 2. The minimum atomic E-state index is -0.512. The average Bonchev–Trinajstić information content (AvgIpc) is 3.39. The Hall–Kier alpha value is -4.58. The molecule has 12 heteroatoms. The van der Waals surface area contributed by atoms with Crippen LogP contribution < -0.4 is 20.3 Å². The van der Waals surface area contributed by atoms with Crippen LogP contribution in [0, 0.1) is 5.82 Å². The fourth-order valence-corrected chi connectivity index (χ4v) is 6.69. The highest BCUT2D eigenvalue weighted by atomic mass is 35.5. The van der Waals surface area contributed by atoms with E-state index in [2.05, 4.69) is 25.5 Å². The first-order valence-electron chi connectivity index (χ1n) is 14.2. The van der Waals surface area contributed by atoms with Gasteiger partial charge in [-0.25, -0.2) is 24.1 Å². The number of aromatic nitrogens is 2. The number of likely N-dealkylation sites (tertiary alicyclic amines) is 1. The quantitative estimate of drug-likeness (QED) is 0.188. The van der Waals surface area contributed by atoms with Crippen LogP contribution in [0.2, 0.25) is 5.02 Å². The van der Waals surface area contributed by atoms with Gasteiger partial charge in [-0.2, -0.15) is 0 Å². The third kappa shape index (κ3) is 5.57. The molecule has 3 amide bonds. The molecule has 0 saturated carbocycles. The third-order valence-electron chi connectivity index (χ3n) is 7.59. The van der Waals surface area contributed by atoms with Crippen molar-refractivity contribution in [3.05, 3.63) is 94.3 Å². The summed E-state index contributed by atoms with van der Waals surface area (Å²) in [6, 6.07) is 17.8. The van der Waals surface area contributed by atoms with Gasteiger partial charge in [0.05, 0.1) is 21.8 Å². The van der Waals surface area contributed by atoms with Crippen molar-refractivity contribution in [1.29, 1.82) is 0 Å². The van der Waals surface area contributed by atoms with E-state index >= 15 is 0 Å². The predicted octanol–water partition coefficient (Wildman–Crippen LogP) is 8.20. The van der Waals surface area contributed by atoms with Gasteiger partial charge in [-0.1, -0.05) is 36.2 Å². The van der Waals surface area contributed by atoms with Crippen molar-refractivity contribution < 1.29 is 18.7 Å². The fourth-order valence-electron chi connectivity index (χ4n) is 5.49. The number of carbonyl (C=O) groups is 2. The number of ether oxygens (including phenoxy) is 1. The molecule has 2 aromatic heterocycles. The van der Waals surface area contributed by atoms with Gasteiger partial charge >= 0.3 is 6.03 Å². The van der Waals surface area contributed by atoms with Crippen LogP contribution >= 0.6 is 22.9 Å². The lowest BCUT2D eigenvalue weighted by Crippen LogP contribution is -2.35. The summed E-state index contributed by atoms with van der Waals surface area (Å²) in [7, 11) is 0. The van der Waals surface area contributed by atoms with Crippen molar-refractivity contribution in [2.24, 2.45) is 0 Å². The van der Waals surface area contributed by atoms with Crippen molar-refractivity contribution in [3.8, 4) is 11.5 Å². The van der Waals surface area contributed by atoms with Gasteiger partial charge in [-0.3, -0.25) is 9.69 Å². The fraction of sp³-hybridized carbons (Fsp3) is 0.188. The third-order valence-corrected chi connectivity index (χ3v) is 8.98. The van der Waals surface area contributed by atoms with E-state index in [4.69, 9.17) is 16.3 Å². The van der Waals surface area contributed by atoms with Crippen LogP contribution in [0.15, 0.2) is 73.1 Å². The number of anilines is 4. The van der Waals surface area contributed by atoms with Crippen LogP contribution in [0.1, 0.15) is 34.5 Å². The molecule has 0 radical (unpaired) electrons. The number of amides is 3.